The van der Waals surface area contributed by atoms with Gasteiger partial charge in [0, 0.05) is 17.8 Å². The third kappa shape index (κ3) is 4.87. The number of ether oxygens (including phenoxy) is 4. The Morgan fingerprint density at radius 3 is 2.22 bits per heavy atom. The van der Waals surface area contributed by atoms with Gasteiger partial charge < -0.3 is 24.3 Å². The van der Waals surface area contributed by atoms with Crippen LogP contribution in [0.15, 0.2) is 30.3 Å². The summed E-state index contributed by atoms with van der Waals surface area (Å²) in [4.78, 5) is 24.3. The van der Waals surface area contributed by atoms with Gasteiger partial charge in [0.05, 0.1) is 21.3 Å². The van der Waals surface area contributed by atoms with Crippen LogP contribution in [0.4, 0.5) is 10.1 Å². The second-order valence-electron chi connectivity index (χ2n) is 5.49. The van der Waals surface area contributed by atoms with Gasteiger partial charge in [-0.25, -0.2) is 9.18 Å². The third-order valence-electron chi connectivity index (χ3n) is 3.73. The van der Waals surface area contributed by atoms with Crippen LogP contribution in [0.1, 0.15) is 15.9 Å². The molecule has 2 aromatic rings. The lowest BCUT2D eigenvalue weighted by Crippen LogP contribution is -2.21. The highest BCUT2D eigenvalue weighted by atomic mass is 19.1. The molecule has 0 aliphatic rings. The van der Waals surface area contributed by atoms with E-state index >= 15 is 0 Å². The number of carbonyl (C=O) groups is 2. The predicted octanol–water partition coefficient (Wildman–Crippen LogP) is 2.96. The molecule has 0 unspecified atom stereocenters. The molecule has 1 N–H and O–H groups in total. The van der Waals surface area contributed by atoms with Gasteiger partial charge in [-0.3, -0.25) is 4.79 Å². The quantitative estimate of drug-likeness (QED) is 0.747. The number of rotatable bonds is 7. The van der Waals surface area contributed by atoms with Gasteiger partial charge in [0.2, 0.25) is 0 Å². The first-order chi connectivity index (χ1) is 12.9. The van der Waals surface area contributed by atoms with E-state index in [2.05, 4.69) is 5.32 Å². The van der Waals surface area contributed by atoms with Gasteiger partial charge in [-0.15, -0.1) is 0 Å². The second kappa shape index (κ2) is 8.88. The summed E-state index contributed by atoms with van der Waals surface area (Å²) in [7, 11) is 4.26. The van der Waals surface area contributed by atoms with Crippen LogP contribution in [0.2, 0.25) is 0 Å². The average Bonchev–Trinajstić information content (AvgIpc) is 2.67. The minimum absolute atomic E-state index is 0.0740. The highest BCUT2D eigenvalue weighted by molar-refractivity contribution is 5.97. The summed E-state index contributed by atoms with van der Waals surface area (Å²) >= 11 is 0. The molecule has 0 spiro atoms. The first-order valence-electron chi connectivity index (χ1n) is 7.92. The smallest absolute Gasteiger partial charge is 0.342 e. The number of halogens is 1. The molecule has 1 amide bonds. The Morgan fingerprint density at radius 1 is 0.963 bits per heavy atom. The number of carbonyl (C=O) groups excluding carboxylic acids is 2. The summed E-state index contributed by atoms with van der Waals surface area (Å²) < 4.78 is 33.8. The molecule has 144 valence electrons. The van der Waals surface area contributed by atoms with Crippen molar-refractivity contribution in [2.75, 3.05) is 33.3 Å². The fourth-order valence-electron chi connectivity index (χ4n) is 2.31. The van der Waals surface area contributed by atoms with Crippen LogP contribution < -0.4 is 19.5 Å². The van der Waals surface area contributed by atoms with Crippen molar-refractivity contribution < 1.29 is 32.9 Å². The van der Waals surface area contributed by atoms with Crippen molar-refractivity contribution in [1.29, 1.82) is 0 Å². The lowest BCUT2D eigenvalue weighted by atomic mass is 10.1. The molecule has 0 aliphatic heterocycles. The zero-order valence-electron chi connectivity index (χ0n) is 15.4. The molecule has 0 saturated carbocycles. The van der Waals surface area contributed by atoms with Crippen LogP contribution >= 0.6 is 0 Å². The van der Waals surface area contributed by atoms with E-state index in [-0.39, 0.29) is 11.3 Å². The Labute approximate surface area is 156 Å². The lowest BCUT2D eigenvalue weighted by Gasteiger charge is -2.14. The largest absolute Gasteiger partial charge is 0.496 e. The SMILES string of the molecule is COc1cc(OC)c(C(=O)OCC(=O)Nc2cc(F)ccc2C)cc1OC. The Kier molecular flexibility index (Phi) is 6.59. The van der Waals surface area contributed by atoms with E-state index in [1.807, 2.05) is 0 Å². The summed E-state index contributed by atoms with van der Waals surface area (Å²) in [5.41, 5.74) is 1.06. The highest BCUT2D eigenvalue weighted by Gasteiger charge is 2.20. The van der Waals surface area contributed by atoms with E-state index < -0.39 is 24.3 Å². The van der Waals surface area contributed by atoms with Gasteiger partial charge in [0.1, 0.15) is 17.1 Å². The molecule has 7 nitrogen and oxygen atoms in total. The lowest BCUT2D eigenvalue weighted by molar-refractivity contribution is -0.119. The van der Waals surface area contributed by atoms with Crippen molar-refractivity contribution in [3.8, 4) is 17.2 Å². The van der Waals surface area contributed by atoms with Crippen molar-refractivity contribution in [3.05, 3.63) is 47.3 Å². The van der Waals surface area contributed by atoms with Crippen LogP contribution in [0.25, 0.3) is 0 Å². The minimum atomic E-state index is -0.779. The summed E-state index contributed by atoms with van der Waals surface area (Å²) in [5.74, 6) is -0.965. The molecule has 0 heterocycles. The van der Waals surface area contributed by atoms with Crippen LogP contribution in [0, 0.1) is 12.7 Å². The summed E-state index contributed by atoms with van der Waals surface area (Å²) in [5, 5.41) is 2.50. The summed E-state index contributed by atoms with van der Waals surface area (Å²) in [6, 6.07) is 6.88. The number of methoxy groups -OCH3 is 3. The number of amides is 1. The Balaban J connectivity index is 2.08. The van der Waals surface area contributed by atoms with Crippen LogP contribution in [0.3, 0.4) is 0 Å². The van der Waals surface area contributed by atoms with E-state index in [0.717, 1.165) is 0 Å². The molecule has 8 heteroatoms. The van der Waals surface area contributed by atoms with Crippen molar-refractivity contribution in [3.63, 3.8) is 0 Å². The number of benzene rings is 2. The number of esters is 1. The monoisotopic (exact) mass is 377 g/mol. The topological polar surface area (TPSA) is 83.1 Å². The van der Waals surface area contributed by atoms with Gasteiger partial charge >= 0.3 is 5.97 Å². The number of nitrogens with one attached hydrogen (secondary N) is 1. The predicted molar refractivity (Wildman–Crippen MR) is 96.1 cm³/mol. The molecule has 0 saturated heterocycles. The summed E-state index contributed by atoms with van der Waals surface area (Å²) in [6.07, 6.45) is 0. The van der Waals surface area contributed by atoms with E-state index in [9.17, 15) is 14.0 Å². The van der Waals surface area contributed by atoms with Crippen LogP contribution in [-0.4, -0.2) is 39.8 Å². The standard InChI is InChI=1S/C19H20FNO6/c1-11-5-6-12(20)7-14(11)21-18(22)10-27-19(23)13-8-16(25-3)17(26-4)9-15(13)24-2/h5-9H,10H2,1-4H3,(H,21,22). The molecule has 2 rings (SSSR count). The van der Waals surface area contributed by atoms with Gasteiger partial charge in [-0.1, -0.05) is 6.07 Å². The van der Waals surface area contributed by atoms with Crippen molar-refractivity contribution in [1.82, 2.24) is 0 Å². The first kappa shape index (κ1) is 20.0. The van der Waals surface area contributed by atoms with Gasteiger partial charge in [0.15, 0.2) is 18.1 Å². The molecular formula is C19H20FNO6. The maximum absolute atomic E-state index is 13.3. The van der Waals surface area contributed by atoms with E-state index in [1.54, 1.807) is 6.92 Å². The van der Waals surface area contributed by atoms with Crippen molar-refractivity contribution >= 4 is 17.6 Å². The normalized spacial score (nSPS) is 10.1. The average molecular weight is 377 g/mol. The molecule has 0 bridgehead atoms. The molecule has 0 radical (unpaired) electrons. The maximum atomic E-state index is 13.3. The minimum Gasteiger partial charge on any atom is -0.496 e. The third-order valence-corrected chi connectivity index (χ3v) is 3.73. The van der Waals surface area contributed by atoms with Gasteiger partial charge in [-0.05, 0) is 24.6 Å². The molecule has 0 aliphatic carbocycles. The molecule has 0 atom stereocenters. The van der Waals surface area contributed by atoms with Gasteiger partial charge in [-0.2, -0.15) is 0 Å². The second-order valence-corrected chi connectivity index (χ2v) is 5.49. The Morgan fingerprint density at radius 2 is 1.59 bits per heavy atom. The maximum Gasteiger partial charge on any atom is 0.342 e. The van der Waals surface area contributed by atoms with Gasteiger partial charge in [0.25, 0.3) is 5.91 Å². The Hall–Kier alpha value is -3.29. The molecule has 27 heavy (non-hydrogen) atoms. The molecule has 2 aromatic carbocycles. The number of anilines is 1. The van der Waals surface area contributed by atoms with Crippen LogP contribution in [-0.2, 0) is 9.53 Å². The van der Waals surface area contributed by atoms with Crippen LogP contribution in [0.5, 0.6) is 17.2 Å². The van der Waals surface area contributed by atoms with Crippen molar-refractivity contribution in [2.24, 2.45) is 0 Å². The number of hydrogen-bond donors (Lipinski definition) is 1. The highest BCUT2D eigenvalue weighted by Crippen LogP contribution is 2.34. The van der Waals surface area contributed by atoms with E-state index in [1.165, 1.54) is 51.7 Å². The number of hydrogen-bond acceptors (Lipinski definition) is 6. The molecule has 0 aromatic heterocycles. The van der Waals surface area contributed by atoms with Crippen molar-refractivity contribution in [2.45, 2.75) is 6.92 Å². The summed E-state index contributed by atoms with van der Waals surface area (Å²) in [6.45, 7) is 1.17. The molecular weight excluding hydrogens is 357 g/mol. The number of aryl methyl sites for hydroxylation is 1. The Bertz CT molecular complexity index is 852. The zero-order valence-corrected chi connectivity index (χ0v) is 15.4. The van der Waals surface area contributed by atoms with E-state index in [0.29, 0.717) is 22.7 Å². The first-order valence-corrected chi connectivity index (χ1v) is 7.92. The fraction of sp³-hybridized carbons (Fsp3) is 0.263. The zero-order chi connectivity index (χ0) is 20.0. The molecule has 0 fully saturated rings. The van der Waals surface area contributed by atoms with E-state index in [4.69, 9.17) is 18.9 Å². The fourth-order valence-corrected chi connectivity index (χ4v) is 2.31.